The molecule has 2 amide bonds. The van der Waals surface area contributed by atoms with Crippen molar-refractivity contribution < 1.29 is 14.0 Å². The van der Waals surface area contributed by atoms with Crippen molar-refractivity contribution in [3.63, 3.8) is 0 Å². The maximum absolute atomic E-state index is 14.0. The molecule has 0 aliphatic carbocycles. The molecule has 0 saturated carbocycles. The minimum Gasteiger partial charge on any atom is -0.326 e. The van der Waals surface area contributed by atoms with Crippen LogP contribution in [0.1, 0.15) is 32.3 Å². The van der Waals surface area contributed by atoms with Crippen molar-refractivity contribution >= 4 is 23.2 Å². The molecule has 1 atom stereocenters. The van der Waals surface area contributed by atoms with Crippen LogP contribution in [0.2, 0.25) is 0 Å². The Balaban J connectivity index is 2.08. The fraction of sp³-hybridized carbons (Fsp3) is 0.467. The summed E-state index contributed by atoms with van der Waals surface area (Å²) in [5.41, 5.74) is 1.43. The number of benzene rings is 1. The van der Waals surface area contributed by atoms with Crippen LogP contribution in [0.3, 0.4) is 0 Å². The Morgan fingerprint density at radius 2 is 2.19 bits per heavy atom. The van der Waals surface area contributed by atoms with Gasteiger partial charge in [0.1, 0.15) is 5.82 Å². The second-order valence-electron chi connectivity index (χ2n) is 5.25. The second kappa shape index (κ2) is 6.67. The molecule has 0 spiro atoms. The first kappa shape index (κ1) is 15.4. The van der Waals surface area contributed by atoms with Gasteiger partial charge in [-0.3, -0.25) is 9.59 Å². The molecular formula is C15H20FN3O2. The fourth-order valence-electron chi connectivity index (χ4n) is 2.39. The lowest BCUT2D eigenvalue weighted by molar-refractivity contribution is -0.117. The maximum Gasteiger partial charge on any atom is 0.226 e. The van der Waals surface area contributed by atoms with Gasteiger partial charge in [0.05, 0.1) is 5.69 Å². The van der Waals surface area contributed by atoms with Gasteiger partial charge in [0, 0.05) is 24.6 Å². The van der Waals surface area contributed by atoms with E-state index in [1.165, 1.54) is 12.1 Å². The Kier molecular flexibility index (Phi) is 4.90. The summed E-state index contributed by atoms with van der Waals surface area (Å²) >= 11 is 0. The molecule has 0 fully saturated rings. The first-order chi connectivity index (χ1) is 9.99. The Hall–Kier alpha value is -1.95. The number of halogens is 1. The van der Waals surface area contributed by atoms with Crippen molar-refractivity contribution in [2.75, 3.05) is 17.2 Å². The molecule has 21 heavy (non-hydrogen) atoms. The molecule has 0 radical (unpaired) electrons. The van der Waals surface area contributed by atoms with E-state index >= 15 is 0 Å². The third kappa shape index (κ3) is 4.01. The summed E-state index contributed by atoms with van der Waals surface area (Å²) in [7, 11) is 0. The Bertz CT molecular complexity index is 560. The largest absolute Gasteiger partial charge is 0.326 e. The molecule has 1 aromatic rings. The van der Waals surface area contributed by atoms with Gasteiger partial charge in [-0.2, -0.15) is 0 Å². The van der Waals surface area contributed by atoms with Crippen LogP contribution in [0, 0.1) is 5.82 Å². The molecule has 0 saturated heterocycles. The molecule has 1 unspecified atom stereocenters. The highest BCUT2D eigenvalue weighted by Crippen LogP contribution is 2.28. The lowest BCUT2D eigenvalue weighted by Gasteiger charge is -2.19. The first-order valence-electron chi connectivity index (χ1n) is 7.15. The highest BCUT2D eigenvalue weighted by molar-refractivity contribution is 5.96. The van der Waals surface area contributed by atoms with E-state index in [1.54, 1.807) is 0 Å². The van der Waals surface area contributed by atoms with Gasteiger partial charge >= 0.3 is 0 Å². The number of aryl methyl sites for hydroxylation is 1. The van der Waals surface area contributed by atoms with E-state index in [1.807, 2.05) is 13.8 Å². The van der Waals surface area contributed by atoms with Gasteiger partial charge in [0.2, 0.25) is 11.8 Å². The second-order valence-corrected chi connectivity index (χ2v) is 5.25. The van der Waals surface area contributed by atoms with Gasteiger partial charge in [-0.05, 0) is 37.6 Å². The molecule has 2 rings (SSSR count). The molecule has 1 aliphatic heterocycles. The highest BCUT2D eigenvalue weighted by Gasteiger charge is 2.18. The van der Waals surface area contributed by atoms with E-state index in [4.69, 9.17) is 0 Å². The van der Waals surface area contributed by atoms with Gasteiger partial charge in [-0.15, -0.1) is 0 Å². The SMILES string of the molecule is CCNC(C)CC(=O)Nc1cc2c(cc1F)CCC(=O)N2. The first-order valence-corrected chi connectivity index (χ1v) is 7.15. The third-order valence-electron chi connectivity index (χ3n) is 3.41. The molecule has 1 aromatic carbocycles. The summed E-state index contributed by atoms with van der Waals surface area (Å²) < 4.78 is 14.0. The van der Waals surface area contributed by atoms with Crippen molar-refractivity contribution in [3.05, 3.63) is 23.5 Å². The summed E-state index contributed by atoms with van der Waals surface area (Å²) in [5, 5.41) is 8.37. The van der Waals surface area contributed by atoms with Gasteiger partial charge in [0.15, 0.2) is 0 Å². The summed E-state index contributed by atoms with van der Waals surface area (Å²) in [4.78, 5) is 23.2. The number of nitrogens with one attached hydrogen (secondary N) is 3. The number of fused-ring (bicyclic) bond motifs is 1. The number of carbonyl (C=O) groups is 2. The van der Waals surface area contributed by atoms with Crippen LogP contribution in [0.25, 0.3) is 0 Å². The molecule has 1 aliphatic rings. The number of hydrogen-bond acceptors (Lipinski definition) is 3. The molecule has 3 N–H and O–H groups in total. The number of carbonyl (C=O) groups excluding carboxylic acids is 2. The van der Waals surface area contributed by atoms with Crippen molar-refractivity contribution in [2.24, 2.45) is 0 Å². The summed E-state index contributed by atoms with van der Waals surface area (Å²) in [6, 6.07) is 2.88. The highest BCUT2D eigenvalue weighted by atomic mass is 19.1. The Labute approximate surface area is 123 Å². The topological polar surface area (TPSA) is 70.2 Å². The smallest absolute Gasteiger partial charge is 0.226 e. The summed E-state index contributed by atoms with van der Waals surface area (Å²) in [6.07, 6.45) is 1.14. The predicted molar refractivity (Wildman–Crippen MR) is 79.7 cm³/mol. The zero-order valence-corrected chi connectivity index (χ0v) is 12.3. The quantitative estimate of drug-likeness (QED) is 0.778. The van der Waals surface area contributed by atoms with Gasteiger partial charge < -0.3 is 16.0 Å². The molecule has 0 aromatic heterocycles. The maximum atomic E-state index is 14.0. The van der Waals surface area contributed by atoms with Gasteiger partial charge in [-0.1, -0.05) is 6.92 Å². The summed E-state index contributed by atoms with van der Waals surface area (Å²) in [5.74, 6) is -0.828. The van der Waals surface area contributed by atoms with E-state index in [0.29, 0.717) is 18.5 Å². The zero-order chi connectivity index (χ0) is 15.4. The Morgan fingerprint density at radius 1 is 1.43 bits per heavy atom. The van der Waals surface area contributed by atoms with Crippen molar-refractivity contribution in [3.8, 4) is 0 Å². The molecule has 0 bridgehead atoms. The monoisotopic (exact) mass is 293 g/mol. The Morgan fingerprint density at radius 3 is 2.90 bits per heavy atom. The lowest BCUT2D eigenvalue weighted by atomic mass is 10.0. The predicted octanol–water partition coefficient (Wildman–Crippen LogP) is 2.04. The van der Waals surface area contributed by atoms with Crippen LogP contribution >= 0.6 is 0 Å². The average molecular weight is 293 g/mol. The van der Waals surface area contributed by atoms with Gasteiger partial charge in [0.25, 0.3) is 0 Å². The molecule has 114 valence electrons. The summed E-state index contributed by atoms with van der Waals surface area (Å²) in [6.45, 7) is 4.63. The number of rotatable bonds is 5. The van der Waals surface area contributed by atoms with Crippen LogP contribution in [0.4, 0.5) is 15.8 Å². The van der Waals surface area contributed by atoms with E-state index in [2.05, 4.69) is 16.0 Å². The minimum absolute atomic E-state index is 0.0235. The molecule has 6 heteroatoms. The van der Waals surface area contributed by atoms with E-state index in [9.17, 15) is 14.0 Å². The molecular weight excluding hydrogens is 273 g/mol. The number of amides is 2. The van der Waals surface area contributed by atoms with Crippen LogP contribution in [-0.2, 0) is 16.0 Å². The third-order valence-corrected chi connectivity index (χ3v) is 3.41. The van der Waals surface area contributed by atoms with Crippen molar-refractivity contribution in [2.45, 2.75) is 39.2 Å². The minimum atomic E-state index is -0.477. The number of hydrogen-bond donors (Lipinski definition) is 3. The van der Waals surface area contributed by atoms with Gasteiger partial charge in [-0.25, -0.2) is 4.39 Å². The standard InChI is InChI=1S/C15H20FN3O2/c1-3-17-9(2)6-15(21)19-13-8-12-10(7-11(13)16)4-5-14(20)18-12/h7-9,17H,3-6H2,1-2H3,(H,18,20)(H,19,21). The molecule has 1 heterocycles. The van der Waals surface area contributed by atoms with Crippen LogP contribution < -0.4 is 16.0 Å². The zero-order valence-electron chi connectivity index (χ0n) is 12.3. The lowest BCUT2D eigenvalue weighted by Crippen LogP contribution is -2.30. The fourth-order valence-corrected chi connectivity index (χ4v) is 2.39. The van der Waals surface area contributed by atoms with Crippen molar-refractivity contribution in [1.29, 1.82) is 0 Å². The average Bonchev–Trinajstić information content (AvgIpc) is 2.40. The van der Waals surface area contributed by atoms with Crippen LogP contribution in [0.15, 0.2) is 12.1 Å². The van der Waals surface area contributed by atoms with E-state index in [-0.39, 0.29) is 30.0 Å². The molecule has 5 nitrogen and oxygen atoms in total. The number of anilines is 2. The van der Waals surface area contributed by atoms with E-state index < -0.39 is 5.82 Å². The van der Waals surface area contributed by atoms with E-state index in [0.717, 1.165) is 12.1 Å². The van der Waals surface area contributed by atoms with Crippen molar-refractivity contribution in [1.82, 2.24) is 5.32 Å². The van der Waals surface area contributed by atoms with Crippen LogP contribution in [-0.4, -0.2) is 24.4 Å². The normalized spacial score (nSPS) is 15.1. The van der Waals surface area contributed by atoms with Crippen LogP contribution in [0.5, 0.6) is 0 Å².